The zero-order valence-electron chi connectivity index (χ0n) is 27.2. The number of nitrogens with zero attached hydrogens (tertiary/aromatic N) is 2. The molecule has 236 valence electrons. The number of hydrogen-bond donors (Lipinski definition) is 1. The van der Waals surface area contributed by atoms with Gasteiger partial charge >= 0.3 is 5.69 Å². The monoisotopic (exact) mass is 635 g/mol. The number of nitrogens with two attached hydrogens (primary N) is 1. The van der Waals surface area contributed by atoms with Crippen LogP contribution in [-0.4, -0.2) is 44.5 Å². The Bertz CT molecular complexity index is 1520. The molecular weight excluding hydrogens is 590 g/mol. The number of hydrogen-bond acceptors (Lipinski definition) is 6. The molecule has 1 saturated heterocycles. The first kappa shape index (κ1) is 33.8. The average molecular weight is 636 g/mol. The Labute approximate surface area is 262 Å². The molecule has 0 bridgehead atoms. The van der Waals surface area contributed by atoms with Gasteiger partial charge in [-0.2, -0.15) is 4.98 Å². The Kier molecular flexibility index (Phi) is 9.48. The Morgan fingerprint density at radius 1 is 1.07 bits per heavy atom. The van der Waals surface area contributed by atoms with E-state index >= 15 is 0 Å². The second-order valence-corrected chi connectivity index (χ2v) is 23.2. The van der Waals surface area contributed by atoms with Crippen LogP contribution in [0.3, 0.4) is 0 Å². The third kappa shape index (κ3) is 6.33. The maximum atomic E-state index is 14.6. The third-order valence-electron chi connectivity index (χ3n) is 9.08. The maximum absolute atomic E-state index is 14.6. The predicted molar refractivity (Wildman–Crippen MR) is 180 cm³/mol. The van der Waals surface area contributed by atoms with Gasteiger partial charge in [0.15, 0.2) is 20.0 Å². The highest BCUT2D eigenvalue weighted by molar-refractivity contribution is 6.99. The molecule has 3 aromatic rings. The van der Waals surface area contributed by atoms with Gasteiger partial charge in [-0.05, 0) is 39.6 Å². The van der Waals surface area contributed by atoms with Crippen molar-refractivity contribution in [3.63, 3.8) is 0 Å². The highest BCUT2D eigenvalue weighted by Gasteiger charge is 2.56. The minimum absolute atomic E-state index is 0.0955. The second-order valence-electron chi connectivity index (χ2n) is 14.1. The van der Waals surface area contributed by atoms with Crippen molar-refractivity contribution in [2.75, 3.05) is 12.3 Å². The van der Waals surface area contributed by atoms with Crippen LogP contribution in [-0.2, 0) is 13.6 Å². The lowest BCUT2D eigenvalue weighted by atomic mass is 9.98. The van der Waals surface area contributed by atoms with Crippen LogP contribution in [0.15, 0.2) is 90.0 Å². The lowest BCUT2D eigenvalue weighted by molar-refractivity contribution is -0.0917. The van der Waals surface area contributed by atoms with Crippen LogP contribution in [0.2, 0.25) is 23.2 Å². The van der Waals surface area contributed by atoms with E-state index in [-0.39, 0.29) is 23.1 Å². The highest BCUT2D eigenvalue weighted by Crippen LogP contribution is 2.46. The van der Waals surface area contributed by atoms with Gasteiger partial charge in [0, 0.05) is 6.42 Å². The zero-order valence-corrected chi connectivity index (χ0v) is 29.2. The van der Waals surface area contributed by atoms with Gasteiger partial charge in [0.05, 0.1) is 18.9 Å². The Morgan fingerprint density at radius 2 is 1.61 bits per heavy atom. The van der Waals surface area contributed by atoms with Crippen LogP contribution < -0.4 is 21.8 Å². The van der Waals surface area contributed by atoms with Gasteiger partial charge in [-0.25, -0.2) is 9.18 Å². The molecule has 2 N–H and O–H groups in total. The fraction of sp³-hybridized carbons (Fsp3) is 0.441. The number of ether oxygens (including phenoxy) is 1. The van der Waals surface area contributed by atoms with Crippen molar-refractivity contribution >= 4 is 32.8 Å². The van der Waals surface area contributed by atoms with Gasteiger partial charge in [-0.1, -0.05) is 109 Å². The smallest absolute Gasteiger partial charge is 0.351 e. The summed E-state index contributed by atoms with van der Waals surface area (Å²) in [5, 5.41) is 1.84. The standard InChI is InChI=1S/C34H46FN3O4Si2/c1-10-21-34(24-40-44(33(5,6)7,25-17-13-11-14-18-25)26-19-15-12-16-20-26)28(42-43(8,9)32(2,3)4)22-29(41-34)38-23-27(35)30(36)37-31(38)39/h11-21,23,28-29H,1,22,24H2,2-9H3,(H2,36,37,39). The Hall–Kier alpha value is -3.12. The summed E-state index contributed by atoms with van der Waals surface area (Å²) >= 11 is 0. The molecule has 10 heteroatoms. The Balaban J connectivity index is 1.89. The minimum atomic E-state index is -3.00. The molecule has 2 heterocycles. The molecule has 1 aromatic heterocycles. The summed E-state index contributed by atoms with van der Waals surface area (Å²) in [6.45, 7) is 21.5. The Morgan fingerprint density at radius 3 is 2.09 bits per heavy atom. The van der Waals surface area contributed by atoms with Gasteiger partial charge < -0.3 is 19.3 Å². The van der Waals surface area contributed by atoms with Gasteiger partial charge in [0.25, 0.3) is 8.32 Å². The van der Waals surface area contributed by atoms with E-state index in [1.807, 2.05) is 36.4 Å². The number of aromatic nitrogens is 2. The molecule has 0 amide bonds. The first-order valence-electron chi connectivity index (χ1n) is 15.0. The summed E-state index contributed by atoms with van der Waals surface area (Å²) in [5.74, 6) is -1.25. The molecule has 2 aromatic carbocycles. The molecule has 0 aliphatic carbocycles. The van der Waals surface area contributed by atoms with E-state index in [0.717, 1.165) is 21.1 Å². The minimum Gasteiger partial charge on any atom is -0.410 e. The van der Waals surface area contributed by atoms with Crippen molar-refractivity contribution in [2.24, 2.45) is 0 Å². The molecule has 0 radical (unpaired) electrons. The largest absolute Gasteiger partial charge is 0.410 e. The van der Waals surface area contributed by atoms with Crippen LogP contribution in [0.1, 0.15) is 54.2 Å². The summed E-state index contributed by atoms with van der Waals surface area (Å²) in [7, 11) is -5.38. The van der Waals surface area contributed by atoms with E-state index in [1.54, 1.807) is 6.08 Å². The fourth-order valence-electron chi connectivity index (χ4n) is 5.73. The van der Waals surface area contributed by atoms with E-state index in [4.69, 9.17) is 19.3 Å². The van der Waals surface area contributed by atoms with Gasteiger partial charge in [0.1, 0.15) is 11.8 Å². The van der Waals surface area contributed by atoms with E-state index in [2.05, 4.69) is 96.2 Å². The summed E-state index contributed by atoms with van der Waals surface area (Å²) in [5.41, 5.74) is 6.64. The average Bonchev–Trinajstić information content (AvgIpc) is 3.28. The fourth-order valence-corrected chi connectivity index (χ4v) is 11.7. The SMILES string of the molecule is C=C=CC1(CO[Si](c2ccccc2)(c2ccccc2)C(C)(C)C)OC(n2cc(F)c(N)nc2=O)CC1O[Si](C)(C)C(C)(C)C. The highest BCUT2D eigenvalue weighted by atomic mass is 28.4. The van der Waals surface area contributed by atoms with E-state index in [0.29, 0.717) is 0 Å². The van der Waals surface area contributed by atoms with Crippen molar-refractivity contribution in [3.05, 3.63) is 102 Å². The molecule has 1 fully saturated rings. The van der Waals surface area contributed by atoms with Crippen LogP contribution in [0.4, 0.5) is 10.2 Å². The van der Waals surface area contributed by atoms with Crippen LogP contribution in [0.5, 0.6) is 0 Å². The van der Waals surface area contributed by atoms with Gasteiger partial charge in [-0.15, -0.1) is 5.73 Å². The molecule has 7 nitrogen and oxygen atoms in total. The van der Waals surface area contributed by atoms with Gasteiger partial charge in [-0.3, -0.25) is 4.57 Å². The number of nitrogen functional groups attached to an aromatic ring is 1. The summed E-state index contributed by atoms with van der Waals surface area (Å²) in [4.78, 5) is 16.6. The summed E-state index contributed by atoms with van der Waals surface area (Å²) < 4.78 is 36.9. The van der Waals surface area contributed by atoms with E-state index in [9.17, 15) is 9.18 Å². The molecular formula is C34H46FN3O4Si2. The lowest BCUT2D eigenvalue weighted by Gasteiger charge is -2.46. The molecule has 1 aliphatic heterocycles. The van der Waals surface area contributed by atoms with Crippen molar-refractivity contribution in [1.29, 1.82) is 0 Å². The third-order valence-corrected chi connectivity index (χ3v) is 18.5. The first-order chi connectivity index (χ1) is 20.5. The van der Waals surface area contributed by atoms with Crippen molar-refractivity contribution in [3.8, 4) is 0 Å². The zero-order chi connectivity index (χ0) is 32.6. The maximum Gasteiger partial charge on any atom is 0.351 e. The van der Waals surface area contributed by atoms with Crippen molar-refractivity contribution in [1.82, 2.24) is 9.55 Å². The topological polar surface area (TPSA) is 88.6 Å². The summed E-state index contributed by atoms with van der Waals surface area (Å²) in [6.07, 6.45) is 1.63. The molecule has 3 atom stereocenters. The van der Waals surface area contributed by atoms with E-state index in [1.165, 1.54) is 0 Å². The molecule has 0 saturated carbocycles. The number of benzene rings is 2. The molecule has 1 aliphatic rings. The van der Waals surface area contributed by atoms with Crippen molar-refractivity contribution in [2.45, 2.75) is 89.1 Å². The number of anilines is 1. The molecule has 44 heavy (non-hydrogen) atoms. The predicted octanol–water partition coefficient (Wildman–Crippen LogP) is 5.93. The summed E-state index contributed by atoms with van der Waals surface area (Å²) in [6, 6.07) is 20.7. The number of rotatable bonds is 9. The quantitative estimate of drug-likeness (QED) is 0.232. The van der Waals surface area contributed by atoms with Crippen LogP contribution in [0.25, 0.3) is 0 Å². The second kappa shape index (κ2) is 12.3. The normalized spacial score (nSPS) is 21.2. The first-order valence-corrected chi connectivity index (χ1v) is 19.8. The number of halogens is 1. The van der Waals surface area contributed by atoms with Gasteiger partial charge in [0.2, 0.25) is 0 Å². The van der Waals surface area contributed by atoms with Crippen LogP contribution in [0, 0.1) is 5.82 Å². The van der Waals surface area contributed by atoms with E-state index < -0.39 is 51.9 Å². The van der Waals surface area contributed by atoms with Crippen LogP contribution >= 0.6 is 0 Å². The molecule has 3 unspecified atom stereocenters. The van der Waals surface area contributed by atoms with Crippen molar-refractivity contribution < 1.29 is 18.0 Å². The lowest BCUT2D eigenvalue weighted by Crippen LogP contribution is -2.68. The molecule has 4 rings (SSSR count). The molecule has 0 spiro atoms.